The van der Waals surface area contributed by atoms with Crippen LogP contribution in [-0.4, -0.2) is 35.7 Å². The van der Waals surface area contributed by atoms with Crippen LogP contribution in [0.1, 0.15) is 10.4 Å². The standard InChI is InChI=1S/C24H15N9O2/c1-25-18-14-29-33(24-27-11-6-12-28-24)22(18)32-31-17-13-15-7-2-3-8-16(15)20(21(17)34)23(35)30-19-9-4-5-10-26-19/h2-14,34H,(H,26,30,35)/b32-31+. The van der Waals surface area contributed by atoms with E-state index in [2.05, 4.69) is 40.4 Å². The summed E-state index contributed by atoms with van der Waals surface area (Å²) in [6.45, 7) is 7.41. The second-order valence-electron chi connectivity index (χ2n) is 7.14. The van der Waals surface area contributed by atoms with E-state index >= 15 is 0 Å². The summed E-state index contributed by atoms with van der Waals surface area (Å²) in [5.41, 5.74) is 0.176. The maximum atomic E-state index is 13.1. The highest BCUT2D eigenvalue weighted by Gasteiger charge is 2.20. The molecule has 11 nitrogen and oxygen atoms in total. The number of nitrogens with one attached hydrogen (secondary N) is 1. The largest absolute Gasteiger partial charge is 0.505 e. The van der Waals surface area contributed by atoms with Gasteiger partial charge in [-0.05, 0) is 35.0 Å². The van der Waals surface area contributed by atoms with Crippen LogP contribution in [0.5, 0.6) is 5.75 Å². The van der Waals surface area contributed by atoms with Crippen LogP contribution >= 0.6 is 0 Å². The maximum absolute atomic E-state index is 13.1. The van der Waals surface area contributed by atoms with Gasteiger partial charge in [-0.15, -0.1) is 10.2 Å². The van der Waals surface area contributed by atoms with Gasteiger partial charge in [-0.1, -0.05) is 30.3 Å². The number of rotatable bonds is 5. The number of aromatic nitrogens is 5. The quantitative estimate of drug-likeness (QED) is 0.275. The van der Waals surface area contributed by atoms with Crippen LogP contribution in [0.15, 0.2) is 89.6 Å². The number of fused-ring (bicyclic) bond motifs is 1. The number of azo groups is 1. The van der Waals surface area contributed by atoms with Crippen molar-refractivity contribution in [3.8, 4) is 11.7 Å². The predicted octanol–water partition coefficient (Wildman–Crippen LogP) is 5.13. The lowest BCUT2D eigenvalue weighted by atomic mass is 10.0. The van der Waals surface area contributed by atoms with Crippen LogP contribution in [0.4, 0.5) is 23.0 Å². The molecule has 35 heavy (non-hydrogen) atoms. The lowest BCUT2D eigenvalue weighted by Gasteiger charge is -2.11. The number of anilines is 1. The molecule has 0 aliphatic heterocycles. The molecule has 0 saturated carbocycles. The molecular formula is C24H15N9O2. The Morgan fingerprint density at radius 1 is 1.00 bits per heavy atom. The van der Waals surface area contributed by atoms with Gasteiger partial charge in [0.05, 0.1) is 18.3 Å². The normalized spacial score (nSPS) is 10.9. The number of benzene rings is 2. The SMILES string of the molecule is [C-]#[N+]c1cnn(-c2ncccn2)c1/N=N/c1cc2ccccc2c(C(=O)Nc2ccccn2)c1O. The molecule has 0 spiro atoms. The Morgan fingerprint density at radius 2 is 1.77 bits per heavy atom. The van der Waals surface area contributed by atoms with Crippen molar-refractivity contribution < 1.29 is 9.90 Å². The van der Waals surface area contributed by atoms with Gasteiger partial charge in [0, 0.05) is 18.6 Å². The molecule has 3 heterocycles. The van der Waals surface area contributed by atoms with Gasteiger partial charge < -0.3 is 10.4 Å². The number of amides is 1. The van der Waals surface area contributed by atoms with E-state index in [1.165, 1.54) is 23.3 Å². The molecule has 0 unspecified atom stereocenters. The minimum absolute atomic E-state index is 0.0213. The third-order valence-electron chi connectivity index (χ3n) is 4.98. The molecule has 0 aliphatic carbocycles. The third kappa shape index (κ3) is 4.14. The van der Waals surface area contributed by atoms with Crippen molar-refractivity contribution in [3.63, 3.8) is 0 Å². The van der Waals surface area contributed by atoms with E-state index in [0.717, 1.165) is 0 Å². The smallest absolute Gasteiger partial charge is 0.261 e. The molecule has 0 aliphatic rings. The van der Waals surface area contributed by atoms with E-state index in [4.69, 9.17) is 6.57 Å². The first-order chi connectivity index (χ1) is 17.2. The first-order valence-electron chi connectivity index (χ1n) is 10.3. The van der Waals surface area contributed by atoms with Gasteiger partial charge in [-0.2, -0.15) is 9.78 Å². The van der Waals surface area contributed by atoms with E-state index in [1.807, 2.05) is 0 Å². The number of nitrogens with zero attached hydrogens (tertiary/aromatic N) is 8. The van der Waals surface area contributed by atoms with Gasteiger partial charge >= 0.3 is 0 Å². The van der Waals surface area contributed by atoms with Crippen LogP contribution in [0, 0.1) is 6.57 Å². The molecule has 168 valence electrons. The topological polar surface area (TPSA) is 135 Å². The minimum atomic E-state index is -0.556. The predicted molar refractivity (Wildman–Crippen MR) is 127 cm³/mol. The first-order valence-corrected chi connectivity index (χ1v) is 10.3. The molecule has 3 aromatic heterocycles. The molecule has 0 fully saturated rings. The third-order valence-corrected chi connectivity index (χ3v) is 4.98. The Hall–Kier alpha value is -5.50. The van der Waals surface area contributed by atoms with E-state index < -0.39 is 5.91 Å². The van der Waals surface area contributed by atoms with Crippen molar-refractivity contribution >= 4 is 39.7 Å². The lowest BCUT2D eigenvalue weighted by Crippen LogP contribution is -2.13. The van der Waals surface area contributed by atoms with Crippen LogP contribution in [-0.2, 0) is 0 Å². The molecule has 5 aromatic rings. The maximum Gasteiger partial charge on any atom is 0.261 e. The summed E-state index contributed by atoms with van der Waals surface area (Å²) in [6.07, 6.45) is 5.94. The van der Waals surface area contributed by atoms with E-state index in [-0.39, 0.29) is 34.5 Å². The summed E-state index contributed by atoms with van der Waals surface area (Å²) in [7, 11) is 0. The van der Waals surface area contributed by atoms with Crippen molar-refractivity contribution in [1.82, 2.24) is 24.7 Å². The second-order valence-corrected chi connectivity index (χ2v) is 7.14. The second kappa shape index (κ2) is 9.16. The molecule has 5 rings (SSSR count). The molecule has 2 aromatic carbocycles. The average Bonchev–Trinajstić information content (AvgIpc) is 3.31. The zero-order chi connectivity index (χ0) is 24.2. The number of phenolic OH excluding ortho intramolecular Hbond substituents is 1. The fourth-order valence-corrected chi connectivity index (χ4v) is 3.40. The monoisotopic (exact) mass is 461 g/mol. The molecule has 11 heteroatoms. The van der Waals surface area contributed by atoms with Crippen molar-refractivity contribution in [3.05, 3.63) is 96.4 Å². The van der Waals surface area contributed by atoms with Crippen molar-refractivity contribution in [2.45, 2.75) is 0 Å². The number of hydrogen-bond donors (Lipinski definition) is 2. The zero-order valence-electron chi connectivity index (χ0n) is 17.9. The molecule has 0 saturated heterocycles. The fraction of sp³-hybridized carbons (Fsp3) is 0. The van der Waals surface area contributed by atoms with Gasteiger partial charge in [-0.25, -0.2) is 19.8 Å². The summed E-state index contributed by atoms with van der Waals surface area (Å²) in [4.78, 5) is 28.9. The van der Waals surface area contributed by atoms with Crippen molar-refractivity contribution in [2.24, 2.45) is 10.2 Å². The van der Waals surface area contributed by atoms with Gasteiger partial charge in [0.1, 0.15) is 11.5 Å². The van der Waals surface area contributed by atoms with E-state index in [0.29, 0.717) is 16.6 Å². The molecule has 0 radical (unpaired) electrons. The molecule has 1 amide bonds. The molecule has 2 N–H and O–H groups in total. The summed E-state index contributed by atoms with van der Waals surface area (Å²) in [6, 6.07) is 15.4. The highest BCUT2D eigenvalue weighted by Crippen LogP contribution is 2.39. The number of hydrogen-bond acceptors (Lipinski definition) is 8. The molecular weight excluding hydrogens is 446 g/mol. The highest BCUT2D eigenvalue weighted by molar-refractivity contribution is 6.16. The van der Waals surface area contributed by atoms with Crippen LogP contribution < -0.4 is 5.32 Å². The number of phenols is 1. The van der Waals surface area contributed by atoms with Crippen LogP contribution in [0.25, 0.3) is 21.6 Å². The molecule has 0 bridgehead atoms. The summed E-state index contributed by atoms with van der Waals surface area (Å²) in [5, 5.41) is 27.4. The zero-order valence-corrected chi connectivity index (χ0v) is 17.9. The Bertz CT molecular complexity index is 1610. The van der Waals surface area contributed by atoms with Gasteiger partial charge in [0.15, 0.2) is 11.6 Å². The fourth-order valence-electron chi connectivity index (χ4n) is 3.40. The number of pyridine rings is 1. The number of carbonyl (C=O) groups excluding carboxylic acids is 1. The lowest BCUT2D eigenvalue weighted by molar-refractivity contribution is 0.102. The summed E-state index contributed by atoms with van der Waals surface area (Å²) < 4.78 is 1.27. The van der Waals surface area contributed by atoms with Crippen molar-refractivity contribution in [1.29, 1.82) is 0 Å². The highest BCUT2D eigenvalue weighted by atomic mass is 16.3. The summed E-state index contributed by atoms with van der Waals surface area (Å²) >= 11 is 0. The van der Waals surface area contributed by atoms with Gasteiger partial charge in [-0.3, -0.25) is 4.79 Å². The Labute approximate surface area is 198 Å². The Kier molecular flexibility index (Phi) is 5.59. The van der Waals surface area contributed by atoms with E-state index in [1.54, 1.807) is 60.8 Å². The summed E-state index contributed by atoms with van der Waals surface area (Å²) in [5.74, 6) is -0.305. The first kappa shape index (κ1) is 21.4. The van der Waals surface area contributed by atoms with Crippen LogP contribution in [0.2, 0.25) is 0 Å². The van der Waals surface area contributed by atoms with E-state index in [9.17, 15) is 9.90 Å². The van der Waals surface area contributed by atoms with Crippen LogP contribution in [0.3, 0.4) is 0 Å². The van der Waals surface area contributed by atoms with Gasteiger partial charge in [0.25, 0.3) is 17.5 Å². The van der Waals surface area contributed by atoms with Gasteiger partial charge in [0.2, 0.25) is 0 Å². The number of aromatic hydroxyl groups is 1. The molecule has 0 atom stereocenters. The Balaban J connectivity index is 1.60. The average molecular weight is 461 g/mol. The number of carbonyl (C=O) groups is 1. The van der Waals surface area contributed by atoms with Crippen molar-refractivity contribution in [2.75, 3.05) is 5.32 Å². The minimum Gasteiger partial charge on any atom is -0.505 e. The Morgan fingerprint density at radius 3 is 2.54 bits per heavy atom.